The highest BCUT2D eigenvalue weighted by molar-refractivity contribution is 7.89. The Morgan fingerprint density at radius 2 is 2.19 bits per heavy atom. The first-order valence-electron chi connectivity index (χ1n) is 6.60. The number of sulfonamides is 1. The molecule has 21 heavy (non-hydrogen) atoms. The van der Waals surface area contributed by atoms with Gasteiger partial charge in [-0.05, 0) is 19.4 Å². The number of nitrogens with zero attached hydrogens (tertiary/aromatic N) is 3. The second-order valence-electron chi connectivity index (χ2n) is 4.52. The van der Waals surface area contributed by atoms with E-state index in [4.69, 9.17) is 0 Å². The van der Waals surface area contributed by atoms with E-state index < -0.39 is 16.1 Å². The van der Waals surface area contributed by atoms with Crippen molar-refractivity contribution < 1.29 is 8.42 Å². The number of anilines is 1. The average molecular weight is 310 g/mol. The number of H-pyrrole nitrogens is 1. The molecule has 0 aliphatic carbocycles. The van der Waals surface area contributed by atoms with Crippen LogP contribution in [0, 0.1) is 0 Å². The summed E-state index contributed by atoms with van der Waals surface area (Å²) in [7, 11) is -3.65. The van der Waals surface area contributed by atoms with Gasteiger partial charge in [-0.25, -0.2) is 23.1 Å². The van der Waals surface area contributed by atoms with E-state index in [1.165, 1.54) is 24.7 Å². The van der Waals surface area contributed by atoms with Crippen LogP contribution in [0.1, 0.15) is 32.1 Å². The zero-order chi connectivity index (χ0) is 15.3. The van der Waals surface area contributed by atoms with Crippen LogP contribution >= 0.6 is 0 Å². The van der Waals surface area contributed by atoms with E-state index in [1.807, 2.05) is 6.92 Å². The summed E-state index contributed by atoms with van der Waals surface area (Å²) < 4.78 is 27.2. The lowest BCUT2D eigenvalue weighted by Crippen LogP contribution is -2.27. The topological polar surface area (TPSA) is 113 Å². The first kappa shape index (κ1) is 15.4. The number of nitrogens with one attached hydrogen (secondary N) is 3. The van der Waals surface area contributed by atoms with Gasteiger partial charge in [0.25, 0.3) is 0 Å². The van der Waals surface area contributed by atoms with Gasteiger partial charge in [-0.2, -0.15) is 5.10 Å². The van der Waals surface area contributed by atoms with Gasteiger partial charge < -0.3 is 5.32 Å². The molecular formula is C12H18N6O2S. The molecule has 0 spiro atoms. The predicted molar refractivity (Wildman–Crippen MR) is 78.1 cm³/mol. The molecule has 1 atom stereocenters. The second-order valence-corrected chi connectivity index (χ2v) is 6.23. The molecule has 2 heterocycles. The molecule has 0 amide bonds. The van der Waals surface area contributed by atoms with Crippen molar-refractivity contribution in [2.75, 3.05) is 11.9 Å². The number of hydrogen-bond donors (Lipinski definition) is 3. The average Bonchev–Trinajstić information content (AvgIpc) is 2.99. The molecule has 9 heteroatoms. The van der Waals surface area contributed by atoms with Gasteiger partial charge in [0, 0.05) is 18.8 Å². The Bertz CT molecular complexity index is 671. The van der Waals surface area contributed by atoms with Crippen molar-refractivity contribution in [2.45, 2.75) is 31.2 Å². The number of aromatic nitrogens is 4. The fraction of sp³-hybridized carbons (Fsp3) is 0.417. The largest absolute Gasteiger partial charge is 0.370 e. The molecule has 0 aromatic carbocycles. The molecule has 114 valence electrons. The van der Waals surface area contributed by atoms with Crippen LogP contribution in [0.4, 0.5) is 5.82 Å². The van der Waals surface area contributed by atoms with Crippen molar-refractivity contribution in [3.8, 4) is 0 Å². The molecule has 0 saturated carbocycles. The summed E-state index contributed by atoms with van der Waals surface area (Å²) in [5, 5.41) is 9.40. The molecule has 0 fully saturated rings. The van der Waals surface area contributed by atoms with Gasteiger partial charge in [0.05, 0.1) is 10.9 Å². The van der Waals surface area contributed by atoms with Gasteiger partial charge in [0.1, 0.15) is 18.0 Å². The van der Waals surface area contributed by atoms with Crippen molar-refractivity contribution in [3.63, 3.8) is 0 Å². The van der Waals surface area contributed by atoms with Gasteiger partial charge in [-0.15, -0.1) is 0 Å². The summed E-state index contributed by atoms with van der Waals surface area (Å²) in [5.74, 6) is 0.990. The van der Waals surface area contributed by atoms with Crippen LogP contribution in [-0.2, 0) is 10.0 Å². The molecule has 2 aromatic rings. The highest BCUT2D eigenvalue weighted by atomic mass is 32.2. The molecule has 0 aliphatic heterocycles. The van der Waals surface area contributed by atoms with Crippen LogP contribution in [0.15, 0.2) is 29.6 Å². The maximum atomic E-state index is 12.3. The van der Waals surface area contributed by atoms with E-state index in [2.05, 4.69) is 30.2 Å². The van der Waals surface area contributed by atoms with E-state index in [-0.39, 0.29) is 4.90 Å². The van der Waals surface area contributed by atoms with E-state index in [1.54, 1.807) is 6.92 Å². The first-order chi connectivity index (χ1) is 10.0. The number of rotatable bonds is 7. The highest BCUT2D eigenvalue weighted by Crippen LogP contribution is 2.16. The predicted octanol–water partition coefficient (Wildman–Crippen LogP) is 1.06. The lowest BCUT2D eigenvalue weighted by Gasteiger charge is -2.12. The SMILES string of the molecule is CCCNc1cc(S(=O)(=O)NC(C)c2ncn[nH]2)ccn1. The summed E-state index contributed by atoms with van der Waals surface area (Å²) in [5.41, 5.74) is 0. The van der Waals surface area contributed by atoms with Crippen LogP contribution in [0.5, 0.6) is 0 Å². The van der Waals surface area contributed by atoms with Crippen LogP contribution in [0.2, 0.25) is 0 Å². The summed E-state index contributed by atoms with van der Waals surface area (Å²) in [6, 6.07) is 2.45. The molecule has 2 aromatic heterocycles. The van der Waals surface area contributed by atoms with Crippen LogP contribution in [0.3, 0.4) is 0 Å². The van der Waals surface area contributed by atoms with E-state index in [9.17, 15) is 8.42 Å². The van der Waals surface area contributed by atoms with Crippen LogP contribution in [0.25, 0.3) is 0 Å². The van der Waals surface area contributed by atoms with Gasteiger partial charge in [0.15, 0.2) is 0 Å². The molecule has 0 saturated heterocycles. The summed E-state index contributed by atoms with van der Waals surface area (Å²) in [6.45, 7) is 4.45. The van der Waals surface area contributed by atoms with Crippen molar-refractivity contribution in [1.29, 1.82) is 0 Å². The Hall–Kier alpha value is -2.00. The number of aromatic amines is 1. The zero-order valence-corrected chi connectivity index (χ0v) is 12.7. The normalized spacial score (nSPS) is 13.0. The number of pyridine rings is 1. The van der Waals surface area contributed by atoms with Gasteiger partial charge in [-0.1, -0.05) is 6.92 Å². The third-order valence-corrected chi connectivity index (χ3v) is 4.31. The third kappa shape index (κ3) is 3.99. The van der Waals surface area contributed by atoms with Crippen molar-refractivity contribution >= 4 is 15.8 Å². The quantitative estimate of drug-likeness (QED) is 0.705. The Balaban J connectivity index is 2.15. The van der Waals surface area contributed by atoms with E-state index in [0.717, 1.165) is 13.0 Å². The monoisotopic (exact) mass is 310 g/mol. The highest BCUT2D eigenvalue weighted by Gasteiger charge is 2.20. The van der Waals surface area contributed by atoms with Crippen LogP contribution < -0.4 is 10.0 Å². The minimum atomic E-state index is -3.65. The molecule has 2 rings (SSSR count). The van der Waals surface area contributed by atoms with Crippen molar-refractivity contribution in [2.24, 2.45) is 0 Å². The molecule has 3 N–H and O–H groups in total. The lowest BCUT2D eigenvalue weighted by atomic mass is 10.3. The minimum absolute atomic E-state index is 0.155. The van der Waals surface area contributed by atoms with Crippen molar-refractivity contribution in [3.05, 3.63) is 30.5 Å². The molecule has 8 nitrogen and oxygen atoms in total. The maximum absolute atomic E-state index is 12.3. The molecular weight excluding hydrogens is 292 g/mol. The van der Waals surface area contributed by atoms with E-state index in [0.29, 0.717) is 11.6 Å². The zero-order valence-electron chi connectivity index (χ0n) is 11.9. The molecule has 0 aliphatic rings. The minimum Gasteiger partial charge on any atom is -0.370 e. The fourth-order valence-corrected chi connectivity index (χ4v) is 2.93. The van der Waals surface area contributed by atoms with Gasteiger partial charge >= 0.3 is 0 Å². The second kappa shape index (κ2) is 6.64. The maximum Gasteiger partial charge on any atom is 0.241 e. The Morgan fingerprint density at radius 1 is 1.38 bits per heavy atom. The summed E-state index contributed by atoms with van der Waals surface area (Å²) in [6.07, 6.45) is 3.73. The Labute approximate surface area is 123 Å². The van der Waals surface area contributed by atoms with Crippen molar-refractivity contribution in [1.82, 2.24) is 24.9 Å². The lowest BCUT2D eigenvalue weighted by molar-refractivity contribution is 0.560. The molecule has 0 bridgehead atoms. The van der Waals surface area contributed by atoms with Gasteiger partial charge in [0.2, 0.25) is 10.0 Å². The Kier molecular flexibility index (Phi) is 4.86. The van der Waals surface area contributed by atoms with E-state index >= 15 is 0 Å². The standard InChI is InChI=1S/C12H18N6O2S/c1-3-5-13-11-7-10(4-6-14-11)21(19,20)18-9(2)12-15-8-16-17-12/h4,6-9,18H,3,5H2,1-2H3,(H,13,14)(H,15,16,17). The third-order valence-electron chi connectivity index (χ3n) is 2.77. The van der Waals surface area contributed by atoms with Crippen LogP contribution in [-0.4, -0.2) is 35.1 Å². The summed E-state index contributed by atoms with van der Waals surface area (Å²) >= 11 is 0. The smallest absolute Gasteiger partial charge is 0.241 e. The molecule has 0 radical (unpaired) electrons. The molecule has 1 unspecified atom stereocenters. The first-order valence-corrected chi connectivity index (χ1v) is 8.08. The summed E-state index contributed by atoms with van der Waals surface area (Å²) in [4.78, 5) is 8.18. The number of hydrogen-bond acceptors (Lipinski definition) is 6. The fourth-order valence-electron chi connectivity index (χ4n) is 1.71. The Morgan fingerprint density at radius 3 is 2.86 bits per heavy atom. The van der Waals surface area contributed by atoms with Gasteiger partial charge in [-0.3, -0.25) is 5.10 Å².